The van der Waals surface area contributed by atoms with E-state index in [1.54, 1.807) is 13.3 Å². The molecule has 3 heterocycles. The van der Waals surface area contributed by atoms with Gasteiger partial charge >= 0.3 is 0 Å². The van der Waals surface area contributed by atoms with Crippen molar-refractivity contribution >= 4 is 22.4 Å². The molecule has 0 aliphatic heterocycles. The van der Waals surface area contributed by atoms with E-state index in [1.165, 1.54) is 0 Å². The normalized spacial score (nSPS) is 11.1. The van der Waals surface area contributed by atoms with E-state index >= 15 is 0 Å². The lowest BCUT2D eigenvalue weighted by atomic mass is 10.1. The van der Waals surface area contributed by atoms with Gasteiger partial charge in [0.2, 0.25) is 0 Å². The predicted octanol–water partition coefficient (Wildman–Crippen LogP) is 4.23. The van der Waals surface area contributed by atoms with Crippen LogP contribution < -0.4 is 5.32 Å². The van der Waals surface area contributed by atoms with E-state index in [4.69, 9.17) is 9.26 Å². The van der Waals surface area contributed by atoms with Crippen LogP contribution in [0.2, 0.25) is 0 Å². The van der Waals surface area contributed by atoms with Crippen molar-refractivity contribution in [2.75, 3.05) is 19.0 Å². The number of nitrogens with zero attached hydrogens (tertiary/aromatic N) is 4. The van der Waals surface area contributed by atoms with E-state index in [0.29, 0.717) is 30.4 Å². The first-order chi connectivity index (χ1) is 13.7. The Hall–Kier alpha value is -3.32. The zero-order chi connectivity index (χ0) is 19.5. The molecule has 0 radical (unpaired) electrons. The van der Waals surface area contributed by atoms with Crippen molar-refractivity contribution in [1.29, 1.82) is 0 Å². The molecule has 0 spiro atoms. The van der Waals surface area contributed by atoms with Gasteiger partial charge in [0.1, 0.15) is 0 Å². The highest BCUT2D eigenvalue weighted by atomic mass is 16.5. The number of para-hydroxylation sites is 1. The summed E-state index contributed by atoms with van der Waals surface area (Å²) < 4.78 is 10.6. The van der Waals surface area contributed by atoms with Gasteiger partial charge in [-0.05, 0) is 37.6 Å². The summed E-state index contributed by atoms with van der Waals surface area (Å²) in [7, 11) is 1.65. The zero-order valence-electron chi connectivity index (χ0n) is 16.1. The average Bonchev–Trinajstić information content (AvgIpc) is 3.16. The van der Waals surface area contributed by atoms with Gasteiger partial charge in [-0.25, -0.2) is 9.97 Å². The lowest BCUT2D eigenvalue weighted by molar-refractivity contribution is 0.199. The standard InChI is InChI=1S/C21H21N5O2/c1-13-6-4-5-7-17(13)24-19-15-9-8-14(2)23-20(15)22-12-16(19)21-25-18(26-28-21)10-11-27-3/h4-9,12H,10-11H2,1-3H3,(H,22,23,24). The molecular formula is C21H21N5O2. The van der Waals surface area contributed by atoms with E-state index in [1.807, 2.05) is 37.3 Å². The summed E-state index contributed by atoms with van der Waals surface area (Å²) in [5.41, 5.74) is 5.28. The molecule has 4 rings (SSSR count). The molecule has 7 nitrogen and oxygen atoms in total. The van der Waals surface area contributed by atoms with Gasteiger partial charge in [0.15, 0.2) is 11.5 Å². The number of hydrogen-bond donors (Lipinski definition) is 1. The van der Waals surface area contributed by atoms with Crippen molar-refractivity contribution in [3.63, 3.8) is 0 Å². The summed E-state index contributed by atoms with van der Waals surface area (Å²) >= 11 is 0. The van der Waals surface area contributed by atoms with Crippen molar-refractivity contribution < 1.29 is 9.26 Å². The third-order valence-corrected chi connectivity index (χ3v) is 4.50. The van der Waals surface area contributed by atoms with Crippen LogP contribution in [0.5, 0.6) is 0 Å². The first-order valence-electron chi connectivity index (χ1n) is 9.06. The predicted molar refractivity (Wildman–Crippen MR) is 108 cm³/mol. The molecule has 0 saturated carbocycles. The first kappa shape index (κ1) is 18.1. The molecule has 1 aromatic carbocycles. The van der Waals surface area contributed by atoms with Crippen LogP contribution in [0.25, 0.3) is 22.5 Å². The molecule has 142 valence electrons. The van der Waals surface area contributed by atoms with Crippen molar-refractivity contribution in [2.24, 2.45) is 0 Å². The first-order valence-corrected chi connectivity index (χ1v) is 9.06. The van der Waals surface area contributed by atoms with Gasteiger partial charge < -0.3 is 14.6 Å². The van der Waals surface area contributed by atoms with Crippen LogP contribution in [-0.4, -0.2) is 33.8 Å². The Labute approximate surface area is 162 Å². The molecule has 0 fully saturated rings. The Morgan fingerprint density at radius 3 is 2.75 bits per heavy atom. The van der Waals surface area contributed by atoms with Crippen molar-refractivity contribution in [2.45, 2.75) is 20.3 Å². The second-order valence-electron chi connectivity index (χ2n) is 6.57. The van der Waals surface area contributed by atoms with E-state index < -0.39 is 0 Å². The van der Waals surface area contributed by atoms with Gasteiger partial charge in [-0.2, -0.15) is 4.98 Å². The quantitative estimate of drug-likeness (QED) is 0.540. The molecule has 0 unspecified atom stereocenters. The molecule has 1 N–H and O–H groups in total. The average molecular weight is 375 g/mol. The second kappa shape index (κ2) is 7.74. The Kier molecular flexibility index (Phi) is 4.99. The second-order valence-corrected chi connectivity index (χ2v) is 6.57. The van der Waals surface area contributed by atoms with E-state index in [-0.39, 0.29) is 0 Å². The summed E-state index contributed by atoms with van der Waals surface area (Å²) in [6, 6.07) is 12.1. The number of fused-ring (bicyclic) bond motifs is 1. The number of rotatable bonds is 6. The van der Waals surface area contributed by atoms with Crippen LogP contribution in [0.3, 0.4) is 0 Å². The molecule has 0 atom stereocenters. The summed E-state index contributed by atoms with van der Waals surface area (Å²) in [6.07, 6.45) is 2.31. The number of nitrogens with one attached hydrogen (secondary N) is 1. The fourth-order valence-electron chi connectivity index (χ4n) is 2.97. The Morgan fingerprint density at radius 1 is 1.07 bits per heavy atom. The highest BCUT2D eigenvalue weighted by Gasteiger charge is 2.18. The largest absolute Gasteiger partial charge is 0.384 e. The Morgan fingerprint density at radius 2 is 1.93 bits per heavy atom. The molecule has 0 saturated heterocycles. The number of benzene rings is 1. The molecule has 4 aromatic rings. The monoisotopic (exact) mass is 375 g/mol. The van der Waals surface area contributed by atoms with Gasteiger partial charge in [-0.15, -0.1) is 0 Å². The topological polar surface area (TPSA) is 86.0 Å². The van der Waals surface area contributed by atoms with Gasteiger partial charge in [-0.3, -0.25) is 0 Å². The molecule has 28 heavy (non-hydrogen) atoms. The van der Waals surface area contributed by atoms with Crippen molar-refractivity contribution in [1.82, 2.24) is 20.1 Å². The lowest BCUT2D eigenvalue weighted by Gasteiger charge is -2.14. The molecule has 0 aliphatic carbocycles. The Bertz CT molecular complexity index is 1120. The molecule has 0 amide bonds. The third kappa shape index (κ3) is 3.57. The fourth-order valence-corrected chi connectivity index (χ4v) is 2.97. The van der Waals surface area contributed by atoms with Gasteiger partial charge in [0, 0.05) is 36.5 Å². The zero-order valence-corrected chi connectivity index (χ0v) is 16.1. The van der Waals surface area contributed by atoms with Gasteiger partial charge in [0.05, 0.1) is 17.9 Å². The molecule has 3 aromatic heterocycles. The van der Waals surface area contributed by atoms with Crippen molar-refractivity contribution in [3.05, 3.63) is 59.7 Å². The summed E-state index contributed by atoms with van der Waals surface area (Å²) in [5.74, 6) is 1.01. The third-order valence-electron chi connectivity index (χ3n) is 4.50. The minimum Gasteiger partial charge on any atom is -0.384 e. The van der Waals surface area contributed by atoms with E-state index in [2.05, 4.69) is 38.4 Å². The van der Waals surface area contributed by atoms with E-state index in [0.717, 1.165) is 33.6 Å². The maximum absolute atomic E-state index is 5.51. The van der Waals surface area contributed by atoms with Crippen LogP contribution >= 0.6 is 0 Å². The minimum atomic E-state index is 0.414. The number of anilines is 2. The molecular weight excluding hydrogens is 354 g/mol. The van der Waals surface area contributed by atoms with Crippen LogP contribution in [0.4, 0.5) is 11.4 Å². The smallest absolute Gasteiger partial charge is 0.261 e. The lowest BCUT2D eigenvalue weighted by Crippen LogP contribution is -2.00. The summed E-state index contributed by atoms with van der Waals surface area (Å²) in [5, 5.41) is 8.47. The SMILES string of the molecule is COCCc1noc(-c2cnc3nc(C)ccc3c2Nc2ccccc2C)n1. The summed E-state index contributed by atoms with van der Waals surface area (Å²) in [6.45, 7) is 4.54. The van der Waals surface area contributed by atoms with Crippen LogP contribution in [0, 0.1) is 13.8 Å². The number of pyridine rings is 2. The highest BCUT2D eigenvalue weighted by molar-refractivity contribution is 5.98. The van der Waals surface area contributed by atoms with Crippen molar-refractivity contribution in [3.8, 4) is 11.5 Å². The van der Waals surface area contributed by atoms with Crippen LogP contribution in [-0.2, 0) is 11.2 Å². The molecule has 0 bridgehead atoms. The number of aryl methyl sites for hydroxylation is 2. The summed E-state index contributed by atoms with van der Waals surface area (Å²) in [4.78, 5) is 13.6. The van der Waals surface area contributed by atoms with Gasteiger partial charge in [0.25, 0.3) is 5.89 Å². The van der Waals surface area contributed by atoms with Crippen LogP contribution in [0.15, 0.2) is 47.1 Å². The minimum absolute atomic E-state index is 0.414. The number of methoxy groups -OCH3 is 1. The fraction of sp³-hybridized carbons (Fsp3) is 0.238. The van der Waals surface area contributed by atoms with Crippen LogP contribution in [0.1, 0.15) is 17.1 Å². The maximum atomic E-state index is 5.51. The van der Waals surface area contributed by atoms with E-state index in [9.17, 15) is 0 Å². The maximum Gasteiger partial charge on any atom is 0.261 e. The highest BCUT2D eigenvalue weighted by Crippen LogP contribution is 2.35. The Balaban J connectivity index is 1.84. The number of aromatic nitrogens is 4. The number of hydrogen-bond acceptors (Lipinski definition) is 7. The number of ether oxygens (including phenoxy) is 1. The molecule has 7 heteroatoms. The van der Waals surface area contributed by atoms with Gasteiger partial charge in [-0.1, -0.05) is 23.4 Å². The molecule has 0 aliphatic rings.